The van der Waals surface area contributed by atoms with Crippen molar-refractivity contribution in [1.82, 2.24) is 0 Å². The van der Waals surface area contributed by atoms with Crippen molar-refractivity contribution in [3.63, 3.8) is 0 Å². The third-order valence-electron chi connectivity index (χ3n) is 3.41. The molecule has 1 unspecified atom stereocenters. The van der Waals surface area contributed by atoms with Gasteiger partial charge < -0.3 is 14.8 Å². The number of halogens is 1. The summed E-state index contributed by atoms with van der Waals surface area (Å²) in [7, 11) is 0. The molecule has 6 heteroatoms. The molecule has 0 fully saturated rings. The first-order chi connectivity index (χ1) is 11.5. The van der Waals surface area contributed by atoms with Crippen LogP contribution in [0.3, 0.4) is 0 Å². The summed E-state index contributed by atoms with van der Waals surface area (Å²) in [6.07, 6.45) is -1.07. The predicted molar refractivity (Wildman–Crippen MR) is 93.1 cm³/mol. The van der Waals surface area contributed by atoms with Crippen LogP contribution in [-0.2, 0) is 19.1 Å². The Labute approximate surface area is 147 Å². The van der Waals surface area contributed by atoms with E-state index >= 15 is 0 Å². The van der Waals surface area contributed by atoms with E-state index in [1.165, 1.54) is 6.92 Å². The number of esters is 2. The first-order valence-electron chi connectivity index (χ1n) is 7.25. The molecule has 0 saturated heterocycles. The summed E-state index contributed by atoms with van der Waals surface area (Å²) in [6.45, 7) is 1.26. The Balaban J connectivity index is 1.80. The second kappa shape index (κ2) is 6.88. The van der Waals surface area contributed by atoms with E-state index < -0.39 is 18.2 Å². The maximum Gasteiger partial charge on any atom is 0.350 e. The van der Waals surface area contributed by atoms with Gasteiger partial charge in [0.05, 0.1) is 0 Å². The minimum Gasteiger partial charge on any atom is -0.419 e. The number of carbonyl (C=O) groups is 2. The van der Waals surface area contributed by atoms with Gasteiger partial charge in [0.25, 0.3) is 6.29 Å². The Bertz CT molecular complexity index is 800. The van der Waals surface area contributed by atoms with Crippen LogP contribution in [0.15, 0.2) is 64.8 Å². The fraction of sp³-hybridized carbons (Fsp3) is 0.111. The normalized spacial score (nSPS) is 16.8. The molecule has 0 amide bonds. The van der Waals surface area contributed by atoms with Gasteiger partial charge in [0, 0.05) is 12.6 Å². The minimum absolute atomic E-state index is 0.209. The van der Waals surface area contributed by atoms with E-state index in [1.54, 1.807) is 0 Å². The van der Waals surface area contributed by atoms with E-state index in [4.69, 9.17) is 9.47 Å². The van der Waals surface area contributed by atoms with Crippen LogP contribution in [0.1, 0.15) is 6.92 Å². The lowest BCUT2D eigenvalue weighted by molar-refractivity contribution is -0.172. The van der Waals surface area contributed by atoms with Crippen LogP contribution in [-0.4, -0.2) is 18.2 Å². The number of benzene rings is 2. The van der Waals surface area contributed by atoms with Gasteiger partial charge in [0.1, 0.15) is 10.2 Å². The second-order valence-electron chi connectivity index (χ2n) is 5.14. The van der Waals surface area contributed by atoms with Gasteiger partial charge in [-0.05, 0) is 39.2 Å². The molecular weight excluding hydrogens is 374 g/mol. The number of hydrogen-bond donors (Lipinski definition) is 1. The van der Waals surface area contributed by atoms with Crippen LogP contribution in [0.5, 0.6) is 0 Å². The van der Waals surface area contributed by atoms with Crippen LogP contribution < -0.4 is 5.32 Å². The van der Waals surface area contributed by atoms with E-state index in [9.17, 15) is 9.59 Å². The third-order valence-corrected chi connectivity index (χ3v) is 4.16. The van der Waals surface area contributed by atoms with Crippen molar-refractivity contribution in [1.29, 1.82) is 0 Å². The molecule has 0 saturated carbocycles. The van der Waals surface area contributed by atoms with E-state index in [2.05, 4.69) is 21.2 Å². The number of carbonyl (C=O) groups excluding carboxylic acids is 2. The molecule has 0 aromatic heterocycles. The lowest BCUT2D eigenvalue weighted by Gasteiger charge is -2.15. The van der Waals surface area contributed by atoms with Gasteiger partial charge in [-0.1, -0.05) is 42.5 Å². The van der Waals surface area contributed by atoms with Gasteiger partial charge in [-0.15, -0.1) is 0 Å². The number of rotatable bonds is 4. The minimum atomic E-state index is -1.07. The number of ether oxygens (including phenoxy) is 2. The smallest absolute Gasteiger partial charge is 0.350 e. The van der Waals surface area contributed by atoms with Crippen LogP contribution in [0.4, 0.5) is 5.69 Å². The van der Waals surface area contributed by atoms with Crippen molar-refractivity contribution in [3.05, 3.63) is 64.8 Å². The molecule has 1 N–H and O–H groups in total. The summed E-state index contributed by atoms with van der Waals surface area (Å²) in [5, 5.41) is 3.06. The number of nitrogens with one attached hydrogen (secondary N) is 1. The molecule has 2 aromatic carbocycles. The zero-order chi connectivity index (χ0) is 17.1. The Morgan fingerprint density at radius 2 is 1.71 bits per heavy atom. The van der Waals surface area contributed by atoms with Crippen molar-refractivity contribution in [2.24, 2.45) is 0 Å². The van der Waals surface area contributed by atoms with Gasteiger partial charge >= 0.3 is 11.9 Å². The summed E-state index contributed by atoms with van der Waals surface area (Å²) in [6, 6.07) is 17.7. The fourth-order valence-corrected chi connectivity index (χ4v) is 2.68. The van der Waals surface area contributed by atoms with Crippen LogP contribution >= 0.6 is 15.9 Å². The van der Waals surface area contributed by atoms with Crippen molar-refractivity contribution < 1.29 is 19.1 Å². The average molecular weight is 388 g/mol. The molecule has 1 aliphatic rings. The van der Waals surface area contributed by atoms with E-state index in [0.29, 0.717) is 5.70 Å². The summed E-state index contributed by atoms with van der Waals surface area (Å²) >= 11 is 3.16. The predicted octanol–water partition coefficient (Wildman–Crippen LogP) is 3.82. The molecule has 0 aliphatic carbocycles. The zero-order valence-corrected chi connectivity index (χ0v) is 14.4. The highest BCUT2D eigenvalue weighted by atomic mass is 79.9. The molecule has 0 bridgehead atoms. The fourth-order valence-electron chi connectivity index (χ4n) is 2.30. The lowest BCUT2D eigenvalue weighted by Crippen LogP contribution is -2.22. The molecule has 0 spiro atoms. The molecule has 2 aromatic rings. The summed E-state index contributed by atoms with van der Waals surface area (Å²) in [5.74, 6) is -1.11. The summed E-state index contributed by atoms with van der Waals surface area (Å²) < 4.78 is 10.2. The number of anilines is 1. The summed E-state index contributed by atoms with van der Waals surface area (Å²) in [5.41, 5.74) is 3.30. The van der Waals surface area contributed by atoms with E-state index in [0.717, 1.165) is 16.8 Å². The monoisotopic (exact) mass is 387 g/mol. The number of cyclic esters (lactones) is 1. The maximum atomic E-state index is 11.6. The summed E-state index contributed by atoms with van der Waals surface area (Å²) in [4.78, 5) is 22.8. The van der Waals surface area contributed by atoms with Gasteiger partial charge in [-0.2, -0.15) is 0 Å². The van der Waals surface area contributed by atoms with Gasteiger partial charge in [0.2, 0.25) is 0 Å². The zero-order valence-electron chi connectivity index (χ0n) is 12.8. The highest BCUT2D eigenvalue weighted by Crippen LogP contribution is 2.30. The third kappa shape index (κ3) is 3.49. The SMILES string of the molecule is CC(=O)OC1OC(=O)C(Br)=C1Nc1ccc(-c2ccccc2)cc1. The molecule has 122 valence electrons. The Hall–Kier alpha value is -2.60. The van der Waals surface area contributed by atoms with E-state index in [1.807, 2.05) is 54.6 Å². The Morgan fingerprint density at radius 3 is 2.33 bits per heavy atom. The first-order valence-corrected chi connectivity index (χ1v) is 8.04. The van der Waals surface area contributed by atoms with Crippen LogP contribution in [0, 0.1) is 0 Å². The second-order valence-corrected chi connectivity index (χ2v) is 5.94. The molecule has 24 heavy (non-hydrogen) atoms. The largest absolute Gasteiger partial charge is 0.419 e. The highest BCUT2D eigenvalue weighted by Gasteiger charge is 2.35. The van der Waals surface area contributed by atoms with Crippen molar-refractivity contribution in [2.45, 2.75) is 13.2 Å². The molecule has 1 heterocycles. The first kappa shape index (κ1) is 16.3. The number of hydrogen-bond acceptors (Lipinski definition) is 5. The molecule has 1 atom stereocenters. The molecule has 3 rings (SSSR count). The Morgan fingerprint density at radius 1 is 1.08 bits per heavy atom. The van der Waals surface area contributed by atoms with Crippen LogP contribution in [0.2, 0.25) is 0 Å². The molecule has 0 radical (unpaired) electrons. The quantitative estimate of drug-likeness (QED) is 0.807. The topological polar surface area (TPSA) is 64.6 Å². The Kier molecular flexibility index (Phi) is 4.66. The average Bonchev–Trinajstić information content (AvgIpc) is 2.83. The maximum absolute atomic E-state index is 11.6. The van der Waals surface area contributed by atoms with Gasteiger partial charge in [-0.25, -0.2) is 4.79 Å². The van der Waals surface area contributed by atoms with Gasteiger partial charge in [-0.3, -0.25) is 4.79 Å². The molecule has 1 aliphatic heterocycles. The van der Waals surface area contributed by atoms with Crippen molar-refractivity contribution >= 4 is 33.6 Å². The van der Waals surface area contributed by atoms with Crippen LogP contribution in [0.25, 0.3) is 11.1 Å². The highest BCUT2D eigenvalue weighted by molar-refractivity contribution is 9.12. The van der Waals surface area contributed by atoms with E-state index in [-0.39, 0.29) is 4.48 Å². The molecule has 5 nitrogen and oxygen atoms in total. The molecular formula is C18H14BrNO4. The van der Waals surface area contributed by atoms with Crippen molar-refractivity contribution in [3.8, 4) is 11.1 Å². The standard InChI is InChI=1S/C18H14BrNO4/c1-11(21)23-18-16(15(19)17(22)24-18)20-14-9-7-13(8-10-14)12-5-3-2-4-6-12/h2-10,18,20H,1H3. The van der Waals surface area contributed by atoms with Crippen molar-refractivity contribution in [2.75, 3.05) is 5.32 Å². The van der Waals surface area contributed by atoms with Gasteiger partial charge in [0.15, 0.2) is 0 Å². The lowest BCUT2D eigenvalue weighted by atomic mass is 10.1.